The van der Waals surface area contributed by atoms with Gasteiger partial charge in [0.1, 0.15) is 11.4 Å². The molecule has 0 aliphatic heterocycles. The first kappa shape index (κ1) is 34.8. The number of fused-ring (bicyclic) bond motifs is 1. The molecule has 3 N–H and O–H groups in total. The predicted molar refractivity (Wildman–Crippen MR) is 198 cm³/mol. The molecule has 0 unspecified atom stereocenters. The first-order valence-corrected chi connectivity index (χ1v) is 16.7. The Hall–Kier alpha value is -5.48. The van der Waals surface area contributed by atoms with Crippen molar-refractivity contribution < 1.29 is 18.9 Å². The van der Waals surface area contributed by atoms with Crippen molar-refractivity contribution in [1.29, 1.82) is 0 Å². The van der Waals surface area contributed by atoms with Gasteiger partial charge in [0, 0.05) is 43.6 Å². The minimum atomic E-state index is -0.357. The minimum Gasteiger partial charge on any atom is -0.345 e. The molecular formula is C39H46N7O3+. The molecule has 5 aromatic rings. The first-order chi connectivity index (χ1) is 23.5. The number of likely N-dealkylation sites (N-methyl/N-ethyl adjacent to an activating group) is 1. The summed E-state index contributed by atoms with van der Waals surface area (Å²) in [6.45, 7) is 4.67. The van der Waals surface area contributed by atoms with Gasteiger partial charge in [-0.05, 0) is 60.4 Å². The number of para-hydroxylation sites is 1. The highest BCUT2D eigenvalue weighted by Crippen LogP contribution is 2.19. The highest BCUT2D eigenvalue weighted by Gasteiger charge is 2.19. The Morgan fingerprint density at radius 2 is 1.39 bits per heavy atom. The summed E-state index contributed by atoms with van der Waals surface area (Å²) >= 11 is 0. The second kappa shape index (κ2) is 15.6. The number of unbranched alkanes of at least 4 members (excludes halogenated alkanes) is 2. The van der Waals surface area contributed by atoms with Crippen molar-refractivity contribution in [3.8, 4) is 0 Å². The number of rotatable bonds is 14. The van der Waals surface area contributed by atoms with Gasteiger partial charge in [-0.25, -0.2) is 0 Å². The van der Waals surface area contributed by atoms with Crippen LogP contribution in [0.5, 0.6) is 0 Å². The lowest BCUT2D eigenvalue weighted by molar-refractivity contribution is -0.889. The normalized spacial score (nSPS) is 11.6. The SMILES string of the molecule is CCCCC[N+](C)(C)CCNC(=O)c1cc(NC(=O)c2cc(NC(=O)c3ccc(/C=C/c4cnc5ccccc5c4)cc3)cn2C)cn1C. The van der Waals surface area contributed by atoms with Gasteiger partial charge in [0.2, 0.25) is 0 Å². The number of hydrogen-bond donors (Lipinski definition) is 3. The topological polar surface area (TPSA) is 110 Å². The van der Waals surface area contributed by atoms with E-state index < -0.39 is 0 Å². The van der Waals surface area contributed by atoms with Crippen LogP contribution < -0.4 is 16.0 Å². The second-order valence-corrected chi connectivity index (χ2v) is 13.1. The zero-order valence-electron chi connectivity index (χ0n) is 29.0. The van der Waals surface area contributed by atoms with E-state index in [4.69, 9.17) is 0 Å². The number of quaternary nitrogens is 1. The van der Waals surface area contributed by atoms with Gasteiger partial charge < -0.3 is 29.6 Å². The molecule has 3 aromatic heterocycles. The van der Waals surface area contributed by atoms with Gasteiger partial charge in [-0.1, -0.05) is 55.8 Å². The van der Waals surface area contributed by atoms with Crippen molar-refractivity contribution in [2.24, 2.45) is 14.1 Å². The average molecular weight is 661 g/mol. The fraction of sp³-hybridized carbons (Fsp3) is 0.282. The Morgan fingerprint density at radius 1 is 0.755 bits per heavy atom. The van der Waals surface area contributed by atoms with E-state index in [9.17, 15) is 14.4 Å². The molecule has 0 fully saturated rings. The number of aryl methyl sites for hydroxylation is 2. The molecule has 0 atom stereocenters. The fourth-order valence-electron chi connectivity index (χ4n) is 5.70. The summed E-state index contributed by atoms with van der Waals surface area (Å²) < 4.78 is 4.20. The number of amides is 3. The van der Waals surface area contributed by atoms with E-state index in [2.05, 4.69) is 48.0 Å². The number of hydrogen-bond acceptors (Lipinski definition) is 4. The number of aromatic nitrogens is 3. The van der Waals surface area contributed by atoms with Gasteiger partial charge in [-0.3, -0.25) is 19.4 Å². The number of nitrogens with one attached hydrogen (secondary N) is 3. The number of benzene rings is 2. The van der Waals surface area contributed by atoms with Gasteiger partial charge in [0.05, 0.1) is 50.6 Å². The van der Waals surface area contributed by atoms with Gasteiger partial charge in [-0.15, -0.1) is 0 Å². The standard InChI is InChI=1S/C39H45N7O3/c1-6-7-10-20-46(4,5)21-19-40-38(48)35-23-33(27-44(35)2)43-39(49)36-24-32(26-45(36)3)42-37(47)30-17-15-28(16-18-30)13-14-29-22-31-11-8-9-12-34(31)41-25-29/h8-9,11-18,22-27H,6-7,10,19-21H2,1-5H3,(H2-,40,42,43,47,48,49)/p+1/b14-13+. The van der Waals surface area contributed by atoms with Crippen molar-refractivity contribution in [3.63, 3.8) is 0 Å². The molecule has 2 aromatic carbocycles. The average Bonchev–Trinajstić information content (AvgIpc) is 3.64. The van der Waals surface area contributed by atoms with Gasteiger partial charge in [0.25, 0.3) is 17.7 Å². The zero-order valence-corrected chi connectivity index (χ0v) is 29.0. The maximum absolute atomic E-state index is 13.2. The van der Waals surface area contributed by atoms with Crippen LogP contribution in [0.4, 0.5) is 11.4 Å². The Labute approximate surface area is 288 Å². The molecule has 3 amide bonds. The van der Waals surface area contributed by atoms with Crippen molar-refractivity contribution in [1.82, 2.24) is 19.4 Å². The molecular weight excluding hydrogens is 614 g/mol. The van der Waals surface area contributed by atoms with E-state index in [-0.39, 0.29) is 17.7 Å². The third-order valence-electron chi connectivity index (χ3n) is 8.61. The highest BCUT2D eigenvalue weighted by atomic mass is 16.2. The van der Waals surface area contributed by atoms with E-state index in [0.29, 0.717) is 34.9 Å². The van der Waals surface area contributed by atoms with Crippen LogP contribution in [0.1, 0.15) is 68.6 Å². The molecule has 10 nitrogen and oxygen atoms in total. The molecule has 0 saturated carbocycles. The minimum absolute atomic E-state index is 0.188. The molecule has 10 heteroatoms. The largest absolute Gasteiger partial charge is 0.345 e. The smallest absolute Gasteiger partial charge is 0.272 e. The Bertz CT molecular complexity index is 1970. The number of carbonyl (C=O) groups excluding carboxylic acids is 3. The molecule has 5 rings (SSSR count). The third kappa shape index (κ3) is 9.33. The highest BCUT2D eigenvalue weighted by molar-refractivity contribution is 6.07. The molecule has 0 bridgehead atoms. The summed E-state index contributed by atoms with van der Waals surface area (Å²) in [6.07, 6.45) is 12.8. The van der Waals surface area contributed by atoms with E-state index in [1.54, 1.807) is 59.9 Å². The summed E-state index contributed by atoms with van der Waals surface area (Å²) in [5.41, 5.74) is 5.20. The lowest BCUT2D eigenvalue weighted by atomic mass is 10.1. The van der Waals surface area contributed by atoms with Crippen LogP contribution >= 0.6 is 0 Å². The summed E-state index contributed by atoms with van der Waals surface area (Å²) in [4.78, 5) is 43.6. The number of nitrogens with zero attached hydrogens (tertiary/aromatic N) is 4. The van der Waals surface area contributed by atoms with Gasteiger partial charge in [0.15, 0.2) is 0 Å². The Morgan fingerprint density at radius 3 is 2.08 bits per heavy atom. The van der Waals surface area contributed by atoms with Crippen LogP contribution in [0.25, 0.3) is 23.1 Å². The number of anilines is 2. The molecule has 3 heterocycles. The van der Waals surface area contributed by atoms with Crippen LogP contribution in [-0.2, 0) is 14.1 Å². The van der Waals surface area contributed by atoms with Gasteiger partial charge in [-0.2, -0.15) is 0 Å². The van der Waals surface area contributed by atoms with Crippen LogP contribution in [0.15, 0.2) is 85.3 Å². The van der Waals surface area contributed by atoms with Crippen LogP contribution in [0.2, 0.25) is 0 Å². The van der Waals surface area contributed by atoms with Crippen LogP contribution in [0.3, 0.4) is 0 Å². The predicted octanol–water partition coefficient (Wildman–Crippen LogP) is 6.58. The maximum atomic E-state index is 13.2. The number of pyridine rings is 1. The third-order valence-corrected chi connectivity index (χ3v) is 8.61. The quantitative estimate of drug-likeness (QED) is 0.0923. The second-order valence-electron chi connectivity index (χ2n) is 13.1. The van der Waals surface area contributed by atoms with E-state index in [1.165, 1.54) is 19.3 Å². The van der Waals surface area contributed by atoms with Crippen LogP contribution in [-0.4, -0.2) is 70.1 Å². The molecule has 0 saturated heterocycles. The molecule has 0 radical (unpaired) electrons. The summed E-state index contributed by atoms with van der Waals surface area (Å²) in [5, 5.41) is 9.85. The monoisotopic (exact) mass is 660 g/mol. The molecule has 0 aliphatic carbocycles. The van der Waals surface area contributed by atoms with Crippen LogP contribution in [0, 0.1) is 0 Å². The van der Waals surface area contributed by atoms with Gasteiger partial charge >= 0.3 is 0 Å². The molecule has 49 heavy (non-hydrogen) atoms. The Balaban J connectivity index is 1.14. The molecule has 0 spiro atoms. The summed E-state index contributed by atoms with van der Waals surface area (Å²) in [7, 11) is 7.88. The fourth-order valence-corrected chi connectivity index (χ4v) is 5.70. The zero-order chi connectivity index (χ0) is 35.0. The first-order valence-electron chi connectivity index (χ1n) is 16.7. The lowest BCUT2D eigenvalue weighted by Crippen LogP contribution is -2.46. The van der Waals surface area contributed by atoms with Crippen molar-refractivity contribution in [3.05, 3.63) is 113 Å². The van der Waals surface area contributed by atoms with E-state index >= 15 is 0 Å². The van der Waals surface area contributed by atoms with Crippen molar-refractivity contribution in [2.75, 3.05) is 44.4 Å². The van der Waals surface area contributed by atoms with Crippen molar-refractivity contribution in [2.45, 2.75) is 26.2 Å². The molecule has 0 aliphatic rings. The lowest BCUT2D eigenvalue weighted by Gasteiger charge is -2.29. The van der Waals surface area contributed by atoms with Crippen molar-refractivity contribution >= 4 is 52.2 Å². The molecule has 254 valence electrons. The maximum Gasteiger partial charge on any atom is 0.272 e. The summed E-state index contributed by atoms with van der Waals surface area (Å²) in [5.74, 6) is -0.829. The van der Waals surface area contributed by atoms with E-state index in [0.717, 1.165) is 39.6 Å². The number of carbonyl (C=O) groups is 3. The summed E-state index contributed by atoms with van der Waals surface area (Å²) in [6, 6.07) is 20.7. The Kier molecular flexibility index (Phi) is 11.1. The van der Waals surface area contributed by atoms with E-state index in [1.807, 2.05) is 54.7 Å².